The number of carboxylic acid groups (broad SMARTS) is 1. The number of para-hydroxylation sites is 1. The van der Waals surface area contributed by atoms with Crippen LogP contribution >= 0.6 is 0 Å². The Morgan fingerprint density at radius 3 is 2.18 bits per heavy atom. The van der Waals surface area contributed by atoms with Crippen LogP contribution in [0, 0.1) is 0 Å². The molecule has 0 radical (unpaired) electrons. The first-order valence-corrected chi connectivity index (χ1v) is 8.72. The van der Waals surface area contributed by atoms with Gasteiger partial charge in [0.2, 0.25) is 0 Å². The molecule has 2 N–H and O–H groups in total. The van der Waals surface area contributed by atoms with Crippen LogP contribution in [0.15, 0.2) is 84.9 Å². The number of carbonyl (C=O) groups excluding carboxylic acids is 1. The molecule has 1 aromatic heterocycles. The van der Waals surface area contributed by atoms with Crippen molar-refractivity contribution in [3.63, 3.8) is 0 Å². The van der Waals surface area contributed by atoms with Crippen LogP contribution in [0.3, 0.4) is 0 Å². The van der Waals surface area contributed by atoms with Gasteiger partial charge in [-0.05, 0) is 35.4 Å². The molecule has 136 valence electrons. The summed E-state index contributed by atoms with van der Waals surface area (Å²) in [6.07, 6.45) is 0. The molecule has 4 aromatic rings. The highest BCUT2D eigenvalue weighted by Crippen LogP contribution is 2.32. The summed E-state index contributed by atoms with van der Waals surface area (Å²) in [7, 11) is 0. The topological polar surface area (TPSA) is 79.3 Å². The molecular weight excluding hydrogens is 352 g/mol. The maximum Gasteiger partial charge on any atom is 0.354 e. The average molecular weight is 368 g/mol. The van der Waals surface area contributed by atoms with E-state index in [1.165, 1.54) is 0 Å². The molecule has 0 unspecified atom stereocenters. The van der Waals surface area contributed by atoms with Gasteiger partial charge in [-0.15, -0.1) is 0 Å². The zero-order valence-corrected chi connectivity index (χ0v) is 14.8. The smallest absolute Gasteiger partial charge is 0.354 e. The number of fused-ring (bicyclic) bond motifs is 1. The summed E-state index contributed by atoms with van der Waals surface area (Å²) < 4.78 is 0. The van der Waals surface area contributed by atoms with Crippen LogP contribution in [-0.4, -0.2) is 22.0 Å². The van der Waals surface area contributed by atoms with Crippen molar-refractivity contribution >= 4 is 28.5 Å². The number of nitrogens with zero attached hydrogens (tertiary/aromatic N) is 1. The van der Waals surface area contributed by atoms with Crippen molar-refractivity contribution in [2.24, 2.45) is 0 Å². The first-order chi connectivity index (χ1) is 13.6. The van der Waals surface area contributed by atoms with E-state index < -0.39 is 5.97 Å². The zero-order valence-electron chi connectivity index (χ0n) is 14.8. The Bertz CT molecular complexity index is 1170. The molecule has 5 heteroatoms. The van der Waals surface area contributed by atoms with Gasteiger partial charge in [-0.2, -0.15) is 0 Å². The summed E-state index contributed by atoms with van der Waals surface area (Å²) in [5, 5.41) is 13.1. The monoisotopic (exact) mass is 368 g/mol. The summed E-state index contributed by atoms with van der Waals surface area (Å²) in [5.74, 6) is -1.40. The zero-order chi connectivity index (χ0) is 19.5. The fourth-order valence-corrected chi connectivity index (χ4v) is 3.10. The predicted octanol–water partition coefficient (Wildman–Crippen LogP) is 4.85. The van der Waals surface area contributed by atoms with E-state index in [1.54, 1.807) is 36.4 Å². The maximum atomic E-state index is 12.6. The fraction of sp³-hybridized carbons (Fsp3) is 0. The van der Waals surface area contributed by atoms with Crippen LogP contribution in [0.2, 0.25) is 0 Å². The minimum Gasteiger partial charge on any atom is -0.477 e. The van der Waals surface area contributed by atoms with Gasteiger partial charge in [0.25, 0.3) is 5.91 Å². The third-order valence-electron chi connectivity index (χ3n) is 4.43. The van der Waals surface area contributed by atoms with Crippen LogP contribution in [0.25, 0.3) is 22.0 Å². The molecule has 1 amide bonds. The quantitative estimate of drug-likeness (QED) is 0.539. The molecule has 28 heavy (non-hydrogen) atoms. The first kappa shape index (κ1) is 17.4. The Balaban J connectivity index is 1.88. The number of anilines is 1. The van der Waals surface area contributed by atoms with Gasteiger partial charge in [0.15, 0.2) is 0 Å². The Morgan fingerprint density at radius 1 is 0.821 bits per heavy atom. The van der Waals surface area contributed by atoms with Crippen LogP contribution < -0.4 is 5.32 Å². The van der Waals surface area contributed by atoms with Gasteiger partial charge >= 0.3 is 5.97 Å². The maximum absolute atomic E-state index is 12.6. The lowest BCUT2D eigenvalue weighted by molar-refractivity contribution is 0.0691. The van der Waals surface area contributed by atoms with Crippen molar-refractivity contribution in [1.82, 2.24) is 4.98 Å². The standard InChI is InChI=1S/C23H16N2O3/c26-22(16-10-5-2-6-11-16)25-19-13-7-12-17-18(15-8-3-1-4-9-15)14-20(23(27)28)24-21(17)19/h1-14H,(H,25,26)(H,27,28). The summed E-state index contributed by atoms with van der Waals surface area (Å²) in [6.45, 7) is 0. The Kier molecular flexibility index (Phi) is 4.56. The molecule has 0 aliphatic carbocycles. The second kappa shape index (κ2) is 7.32. The molecule has 0 aliphatic heterocycles. The van der Waals surface area contributed by atoms with Crippen LogP contribution in [0.5, 0.6) is 0 Å². The van der Waals surface area contributed by atoms with Crippen molar-refractivity contribution in [3.05, 3.63) is 96.2 Å². The second-order valence-electron chi connectivity index (χ2n) is 6.25. The number of pyridine rings is 1. The molecule has 0 saturated carbocycles. The molecule has 0 atom stereocenters. The highest BCUT2D eigenvalue weighted by Gasteiger charge is 2.16. The highest BCUT2D eigenvalue weighted by molar-refractivity contribution is 6.11. The Hall–Kier alpha value is -3.99. The lowest BCUT2D eigenvalue weighted by atomic mass is 9.99. The van der Waals surface area contributed by atoms with E-state index in [1.807, 2.05) is 48.5 Å². The third-order valence-corrected chi connectivity index (χ3v) is 4.43. The number of benzene rings is 3. The van der Waals surface area contributed by atoms with Crippen molar-refractivity contribution in [3.8, 4) is 11.1 Å². The number of amides is 1. The van der Waals surface area contributed by atoms with Gasteiger partial charge in [-0.1, -0.05) is 60.7 Å². The number of nitrogens with one attached hydrogen (secondary N) is 1. The fourth-order valence-electron chi connectivity index (χ4n) is 3.10. The average Bonchev–Trinajstić information content (AvgIpc) is 2.74. The second-order valence-corrected chi connectivity index (χ2v) is 6.25. The number of carboxylic acids is 1. The molecule has 4 rings (SSSR count). The SMILES string of the molecule is O=C(Nc1cccc2c(-c3ccccc3)cc(C(=O)O)nc12)c1ccccc1. The van der Waals surface area contributed by atoms with Crippen molar-refractivity contribution < 1.29 is 14.7 Å². The molecule has 3 aromatic carbocycles. The number of aromatic nitrogens is 1. The van der Waals surface area contributed by atoms with E-state index in [9.17, 15) is 14.7 Å². The highest BCUT2D eigenvalue weighted by atomic mass is 16.4. The number of hydrogen-bond donors (Lipinski definition) is 2. The number of hydrogen-bond acceptors (Lipinski definition) is 3. The molecule has 0 spiro atoms. The predicted molar refractivity (Wildman–Crippen MR) is 109 cm³/mol. The van der Waals surface area contributed by atoms with E-state index in [2.05, 4.69) is 10.3 Å². The van der Waals surface area contributed by atoms with Gasteiger partial charge < -0.3 is 10.4 Å². The number of carbonyl (C=O) groups is 2. The van der Waals surface area contributed by atoms with E-state index in [0.29, 0.717) is 16.8 Å². The Morgan fingerprint density at radius 2 is 1.50 bits per heavy atom. The molecule has 1 heterocycles. The molecule has 5 nitrogen and oxygen atoms in total. The molecule has 0 bridgehead atoms. The largest absolute Gasteiger partial charge is 0.477 e. The van der Waals surface area contributed by atoms with E-state index in [4.69, 9.17) is 0 Å². The van der Waals surface area contributed by atoms with Crippen molar-refractivity contribution in [2.45, 2.75) is 0 Å². The van der Waals surface area contributed by atoms with Crippen LogP contribution in [0.4, 0.5) is 5.69 Å². The van der Waals surface area contributed by atoms with Crippen LogP contribution in [0.1, 0.15) is 20.8 Å². The summed E-state index contributed by atoms with van der Waals surface area (Å²) in [6, 6.07) is 25.3. The lowest BCUT2D eigenvalue weighted by Crippen LogP contribution is -2.12. The molecular formula is C23H16N2O3. The normalized spacial score (nSPS) is 10.6. The Labute approximate surface area is 161 Å². The lowest BCUT2D eigenvalue weighted by Gasteiger charge is -2.12. The van der Waals surface area contributed by atoms with Crippen LogP contribution in [-0.2, 0) is 0 Å². The summed E-state index contributed by atoms with van der Waals surface area (Å²) in [5.41, 5.74) is 2.96. The minimum absolute atomic E-state index is 0.0761. The van der Waals surface area contributed by atoms with Crippen molar-refractivity contribution in [2.75, 3.05) is 5.32 Å². The van der Waals surface area contributed by atoms with Gasteiger partial charge in [0.1, 0.15) is 5.69 Å². The molecule has 0 saturated heterocycles. The molecule has 0 fully saturated rings. The number of aromatic carboxylic acids is 1. The number of rotatable bonds is 4. The summed E-state index contributed by atoms with van der Waals surface area (Å²) in [4.78, 5) is 28.5. The van der Waals surface area contributed by atoms with E-state index in [-0.39, 0.29) is 11.6 Å². The van der Waals surface area contributed by atoms with Crippen molar-refractivity contribution in [1.29, 1.82) is 0 Å². The molecule has 0 aliphatic rings. The van der Waals surface area contributed by atoms with Gasteiger partial charge in [-0.3, -0.25) is 4.79 Å². The van der Waals surface area contributed by atoms with E-state index in [0.717, 1.165) is 16.5 Å². The first-order valence-electron chi connectivity index (χ1n) is 8.72. The van der Waals surface area contributed by atoms with E-state index >= 15 is 0 Å². The third kappa shape index (κ3) is 3.33. The van der Waals surface area contributed by atoms with Gasteiger partial charge in [-0.25, -0.2) is 9.78 Å². The van der Waals surface area contributed by atoms with Gasteiger partial charge in [0.05, 0.1) is 11.2 Å². The van der Waals surface area contributed by atoms with Gasteiger partial charge in [0, 0.05) is 10.9 Å². The summed E-state index contributed by atoms with van der Waals surface area (Å²) >= 11 is 0. The minimum atomic E-state index is -1.12.